The molecule has 0 aliphatic carbocycles. The van der Waals surface area contributed by atoms with Gasteiger partial charge in [-0.25, -0.2) is 0 Å². The first-order valence-electron chi connectivity index (χ1n) is 7.11. The summed E-state index contributed by atoms with van der Waals surface area (Å²) in [5.41, 5.74) is 8.81. The third-order valence-electron chi connectivity index (χ3n) is 3.37. The third kappa shape index (κ3) is 5.11. The van der Waals surface area contributed by atoms with Gasteiger partial charge in [-0.05, 0) is 37.1 Å². The zero-order chi connectivity index (χ0) is 14.2. The van der Waals surface area contributed by atoms with Crippen LogP contribution in [-0.2, 0) is 13.0 Å². The summed E-state index contributed by atoms with van der Waals surface area (Å²) in [4.78, 5) is 6.39. The van der Waals surface area contributed by atoms with Crippen molar-refractivity contribution >= 4 is 0 Å². The second-order valence-electron chi connectivity index (χ2n) is 5.34. The fraction of sp³-hybridized carbons (Fsp3) is 0.353. The van der Waals surface area contributed by atoms with Crippen molar-refractivity contribution in [2.45, 2.75) is 25.4 Å². The van der Waals surface area contributed by atoms with Crippen LogP contribution in [0.25, 0.3) is 0 Å². The van der Waals surface area contributed by atoms with Crippen LogP contribution in [0.5, 0.6) is 0 Å². The van der Waals surface area contributed by atoms with Gasteiger partial charge in [0.25, 0.3) is 0 Å². The number of nitrogens with two attached hydrogens (primary N) is 1. The lowest BCUT2D eigenvalue weighted by atomic mass is 10.1. The van der Waals surface area contributed by atoms with Crippen LogP contribution in [0.15, 0.2) is 54.9 Å². The molecule has 0 bridgehead atoms. The van der Waals surface area contributed by atoms with Crippen LogP contribution in [0, 0.1) is 0 Å². The number of nitrogens with zero attached hydrogens (tertiary/aromatic N) is 2. The maximum atomic E-state index is 6.22. The number of hydrogen-bond acceptors (Lipinski definition) is 3. The van der Waals surface area contributed by atoms with E-state index < -0.39 is 0 Å². The number of rotatable bonds is 7. The van der Waals surface area contributed by atoms with Crippen LogP contribution in [0.3, 0.4) is 0 Å². The summed E-state index contributed by atoms with van der Waals surface area (Å²) in [5, 5.41) is 0. The molecule has 2 N–H and O–H groups in total. The predicted octanol–water partition coefficient (Wildman–Crippen LogP) is 2.47. The molecule has 0 amide bonds. The van der Waals surface area contributed by atoms with Crippen LogP contribution in [0.2, 0.25) is 0 Å². The molecule has 106 valence electrons. The Kier molecular flexibility index (Phi) is 5.71. The van der Waals surface area contributed by atoms with E-state index in [1.54, 1.807) is 6.20 Å². The number of pyridine rings is 1. The Morgan fingerprint density at radius 3 is 2.55 bits per heavy atom. The van der Waals surface area contributed by atoms with Gasteiger partial charge in [-0.1, -0.05) is 36.4 Å². The van der Waals surface area contributed by atoms with Crippen LogP contribution in [-0.4, -0.2) is 29.5 Å². The molecule has 0 radical (unpaired) electrons. The van der Waals surface area contributed by atoms with Gasteiger partial charge < -0.3 is 10.6 Å². The highest BCUT2D eigenvalue weighted by atomic mass is 15.1. The minimum Gasteiger partial charge on any atom is -0.327 e. The highest BCUT2D eigenvalue weighted by Gasteiger charge is 2.07. The van der Waals surface area contributed by atoms with Gasteiger partial charge in [-0.3, -0.25) is 4.98 Å². The minimum absolute atomic E-state index is 0.205. The molecule has 1 aromatic carbocycles. The summed E-state index contributed by atoms with van der Waals surface area (Å²) in [6, 6.07) is 14.8. The SMILES string of the molecule is CN(Cc1cccnc1)CC(N)CCc1ccccc1. The van der Waals surface area contributed by atoms with Gasteiger partial charge in [-0.2, -0.15) is 0 Å². The standard InChI is InChI=1S/C17H23N3/c1-20(13-16-8-5-11-19-12-16)14-17(18)10-9-15-6-3-2-4-7-15/h2-8,11-12,17H,9-10,13-14,18H2,1H3. The molecule has 0 saturated carbocycles. The monoisotopic (exact) mass is 269 g/mol. The van der Waals surface area contributed by atoms with E-state index >= 15 is 0 Å². The smallest absolute Gasteiger partial charge is 0.0312 e. The van der Waals surface area contributed by atoms with Gasteiger partial charge in [0.2, 0.25) is 0 Å². The summed E-state index contributed by atoms with van der Waals surface area (Å²) < 4.78 is 0. The minimum atomic E-state index is 0.205. The van der Waals surface area contributed by atoms with Crippen molar-refractivity contribution < 1.29 is 0 Å². The molecule has 2 aromatic rings. The molecule has 0 spiro atoms. The summed E-state index contributed by atoms with van der Waals surface area (Å²) in [7, 11) is 2.11. The van der Waals surface area contributed by atoms with Crippen molar-refractivity contribution in [2.75, 3.05) is 13.6 Å². The van der Waals surface area contributed by atoms with Gasteiger partial charge in [0.1, 0.15) is 0 Å². The molecule has 0 aliphatic heterocycles. The molecule has 1 aromatic heterocycles. The Morgan fingerprint density at radius 2 is 1.85 bits per heavy atom. The lowest BCUT2D eigenvalue weighted by Crippen LogP contribution is -2.35. The first-order chi connectivity index (χ1) is 9.74. The fourth-order valence-corrected chi connectivity index (χ4v) is 2.36. The Hall–Kier alpha value is -1.71. The van der Waals surface area contributed by atoms with Gasteiger partial charge in [0.05, 0.1) is 0 Å². The number of aryl methyl sites for hydroxylation is 1. The second-order valence-corrected chi connectivity index (χ2v) is 5.34. The highest BCUT2D eigenvalue weighted by molar-refractivity contribution is 5.14. The molecule has 3 heteroatoms. The number of likely N-dealkylation sites (N-methyl/N-ethyl adjacent to an activating group) is 1. The largest absolute Gasteiger partial charge is 0.327 e. The maximum absolute atomic E-state index is 6.22. The molecular formula is C17H23N3. The summed E-state index contributed by atoms with van der Waals surface area (Å²) in [6.07, 6.45) is 5.77. The average molecular weight is 269 g/mol. The predicted molar refractivity (Wildman–Crippen MR) is 83.3 cm³/mol. The van der Waals surface area contributed by atoms with Gasteiger partial charge in [0, 0.05) is 31.5 Å². The lowest BCUT2D eigenvalue weighted by molar-refractivity contribution is 0.297. The molecule has 0 fully saturated rings. The van der Waals surface area contributed by atoms with Crippen molar-refractivity contribution in [3.63, 3.8) is 0 Å². The summed E-state index contributed by atoms with van der Waals surface area (Å²) in [5.74, 6) is 0. The first kappa shape index (κ1) is 14.7. The van der Waals surface area contributed by atoms with Crippen molar-refractivity contribution in [3.8, 4) is 0 Å². The first-order valence-corrected chi connectivity index (χ1v) is 7.11. The zero-order valence-electron chi connectivity index (χ0n) is 12.1. The van der Waals surface area contributed by atoms with E-state index in [1.807, 2.05) is 18.3 Å². The molecule has 20 heavy (non-hydrogen) atoms. The number of hydrogen-bond donors (Lipinski definition) is 1. The topological polar surface area (TPSA) is 42.2 Å². The Morgan fingerprint density at radius 1 is 1.10 bits per heavy atom. The van der Waals surface area contributed by atoms with E-state index in [4.69, 9.17) is 5.73 Å². The van der Waals surface area contributed by atoms with E-state index in [-0.39, 0.29) is 6.04 Å². The van der Waals surface area contributed by atoms with E-state index in [0.29, 0.717) is 0 Å². The zero-order valence-corrected chi connectivity index (χ0v) is 12.1. The molecular weight excluding hydrogens is 246 g/mol. The van der Waals surface area contributed by atoms with E-state index in [9.17, 15) is 0 Å². The maximum Gasteiger partial charge on any atom is 0.0312 e. The van der Waals surface area contributed by atoms with Crippen molar-refractivity contribution in [2.24, 2.45) is 5.73 Å². The van der Waals surface area contributed by atoms with Crippen LogP contribution in [0.4, 0.5) is 0 Å². The molecule has 2 rings (SSSR count). The Balaban J connectivity index is 1.72. The average Bonchev–Trinajstić information content (AvgIpc) is 2.47. The third-order valence-corrected chi connectivity index (χ3v) is 3.37. The molecule has 1 atom stereocenters. The summed E-state index contributed by atoms with van der Waals surface area (Å²) in [6.45, 7) is 1.80. The molecule has 0 saturated heterocycles. The normalized spacial score (nSPS) is 12.6. The molecule has 1 heterocycles. The van der Waals surface area contributed by atoms with Gasteiger partial charge >= 0.3 is 0 Å². The van der Waals surface area contributed by atoms with Crippen molar-refractivity contribution in [3.05, 3.63) is 66.0 Å². The Bertz CT molecular complexity index is 484. The van der Waals surface area contributed by atoms with Crippen LogP contribution in [0.1, 0.15) is 17.5 Å². The number of benzene rings is 1. The summed E-state index contributed by atoms with van der Waals surface area (Å²) >= 11 is 0. The highest BCUT2D eigenvalue weighted by Crippen LogP contribution is 2.06. The Labute approximate surface area is 121 Å². The van der Waals surface area contributed by atoms with Gasteiger partial charge in [0.15, 0.2) is 0 Å². The van der Waals surface area contributed by atoms with E-state index in [0.717, 1.165) is 25.9 Å². The number of aromatic nitrogens is 1. The fourth-order valence-electron chi connectivity index (χ4n) is 2.36. The lowest BCUT2D eigenvalue weighted by Gasteiger charge is -2.21. The van der Waals surface area contributed by atoms with Crippen molar-refractivity contribution in [1.82, 2.24) is 9.88 Å². The van der Waals surface area contributed by atoms with Crippen LogP contribution < -0.4 is 5.73 Å². The molecule has 1 unspecified atom stereocenters. The molecule has 0 aliphatic rings. The second kappa shape index (κ2) is 7.78. The van der Waals surface area contributed by atoms with E-state index in [1.165, 1.54) is 11.1 Å². The van der Waals surface area contributed by atoms with Crippen molar-refractivity contribution in [1.29, 1.82) is 0 Å². The van der Waals surface area contributed by atoms with E-state index in [2.05, 4.69) is 47.3 Å². The van der Waals surface area contributed by atoms with Crippen LogP contribution >= 0.6 is 0 Å². The quantitative estimate of drug-likeness (QED) is 0.839. The molecule has 3 nitrogen and oxygen atoms in total. The van der Waals surface area contributed by atoms with Gasteiger partial charge in [-0.15, -0.1) is 0 Å².